The van der Waals surface area contributed by atoms with E-state index >= 15 is 0 Å². The van der Waals surface area contributed by atoms with Crippen LogP contribution in [0.2, 0.25) is 0 Å². The molecular formula is C12H16N4O4. The first-order valence-corrected chi connectivity index (χ1v) is 5.93. The molecule has 0 saturated carbocycles. The van der Waals surface area contributed by atoms with Gasteiger partial charge in [0.05, 0.1) is 0 Å². The van der Waals surface area contributed by atoms with Crippen molar-refractivity contribution >= 4 is 17.9 Å². The zero-order valence-electron chi connectivity index (χ0n) is 10.7. The van der Waals surface area contributed by atoms with Crippen LogP contribution in [0.25, 0.3) is 0 Å². The van der Waals surface area contributed by atoms with E-state index in [1.807, 2.05) is 0 Å². The van der Waals surface area contributed by atoms with Crippen molar-refractivity contribution < 1.29 is 19.5 Å². The number of hydrogen-bond donors (Lipinski definition) is 4. The molecule has 1 aromatic rings. The predicted molar refractivity (Wildman–Crippen MR) is 69.5 cm³/mol. The molecule has 3 amide bonds. The average molecular weight is 280 g/mol. The largest absolute Gasteiger partial charge is 0.480 e. The van der Waals surface area contributed by atoms with Gasteiger partial charge >= 0.3 is 12.0 Å². The molecule has 108 valence electrons. The fourth-order valence-electron chi connectivity index (χ4n) is 1.44. The molecule has 0 saturated heterocycles. The summed E-state index contributed by atoms with van der Waals surface area (Å²) >= 11 is 0. The van der Waals surface area contributed by atoms with Crippen molar-refractivity contribution in [2.45, 2.75) is 25.4 Å². The number of urea groups is 1. The minimum Gasteiger partial charge on any atom is -0.480 e. The number of rotatable bonds is 7. The van der Waals surface area contributed by atoms with Gasteiger partial charge in [0.2, 0.25) is 5.91 Å². The number of carbonyl (C=O) groups is 3. The number of hydrogen-bond acceptors (Lipinski definition) is 4. The van der Waals surface area contributed by atoms with Crippen LogP contribution in [-0.2, 0) is 16.1 Å². The number of aromatic nitrogens is 1. The molecule has 0 radical (unpaired) electrons. The highest BCUT2D eigenvalue weighted by Crippen LogP contribution is 1.98. The van der Waals surface area contributed by atoms with Gasteiger partial charge in [0.15, 0.2) is 0 Å². The first kappa shape index (κ1) is 15.4. The van der Waals surface area contributed by atoms with Gasteiger partial charge in [-0.1, -0.05) is 6.07 Å². The third-order valence-electron chi connectivity index (χ3n) is 2.46. The maximum Gasteiger partial charge on any atom is 0.326 e. The van der Waals surface area contributed by atoms with Crippen LogP contribution in [0.5, 0.6) is 0 Å². The van der Waals surface area contributed by atoms with Gasteiger partial charge in [-0.3, -0.25) is 9.78 Å². The Morgan fingerprint density at radius 2 is 2.15 bits per heavy atom. The second kappa shape index (κ2) is 7.72. The molecule has 1 atom stereocenters. The van der Waals surface area contributed by atoms with E-state index in [1.165, 1.54) is 0 Å². The highest BCUT2D eigenvalue weighted by atomic mass is 16.4. The molecule has 5 N–H and O–H groups in total. The molecule has 0 aliphatic rings. The molecule has 0 aliphatic carbocycles. The molecule has 0 spiro atoms. The number of nitrogens with one attached hydrogen (secondary N) is 2. The van der Waals surface area contributed by atoms with Crippen LogP contribution >= 0.6 is 0 Å². The monoisotopic (exact) mass is 280 g/mol. The van der Waals surface area contributed by atoms with Gasteiger partial charge in [0.25, 0.3) is 0 Å². The van der Waals surface area contributed by atoms with Crippen molar-refractivity contribution in [3.05, 3.63) is 30.1 Å². The summed E-state index contributed by atoms with van der Waals surface area (Å²) in [5, 5.41) is 13.7. The fraction of sp³-hybridized carbons (Fsp3) is 0.333. The number of nitrogens with zero attached hydrogens (tertiary/aromatic N) is 1. The molecule has 20 heavy (non-hydrogen) atoms. The molecule has 8 heteroatoms. The van der Waals surface area contributed by atoms with Gasteiger partial charge in [0, 0.05) is 25.4 Å². The molecule has 1 aromatic heterocycles. The first-order valence-electron chi connectivity index (χ1n) is 5.93. The summed E-state index contributed by atoms with van der Waals surface area (Å²) in [5.74, 6) is -1.84. The Labute approximate surface area is 115 Å². The van der Waals surface area contributed by atoms with E-state index < -0.39 is 23.9 Å². The van der Waals surface area contributed by atoms with Gasteiger partial charge in [-0.25, -0.2) is 9.59 Å². The summed E-state index contributed by atoms with van der Waals surface area (Å²) in [6.07, 6.45) is 3.03. The predicted octanol–water partition coefficient (Wildman–Crippen LogP) is -0.401. The van der Waals surface area contributed by atoms with E-state index in [1.54, 1.807) is 24.5 Å². The highest BCUT2D eigenvalue weighted by molar-refractivity contribution is 5.83. The summed E-state index contributed by atoms with van der Waals surface area (Å²) in [7, 11) is 0. The van der Waals surface area contributed by atoms with Crippen molar-refractivity contribution in [2.24, 2.45) is 5.73 Å². The Hall–Kier alpha value is -2.64. The van der Waals surface area contributed by atoms with Gasteiger partial charge < -0.3 is 21.5 Å². The highest BCUT2D eigenvalue weighted by Gasteiger charge is 2.20. The van der Waals surface area contributed by atoms with E-state index in [4.69, 9.17) is 10.8 Å². The Kier molecular flexibility index (Phi) is 5.95. The number of pyridine rings is 1. The third kappa shape index (κ3) is 5.80. The van der Waals surface area contributed by atoms with Gasteiger partial charge in [-0.2, -0.15) is 0 Å². The number of carboxylic acids is 1. The number of aliphatic carboxylic acids is 1. The minimum atomic E-state index is -1.22. The lowest BCUT2D eigenvalue weighted by Gasteiger charge is -2.14. The molecule has 1 rings (SSSR count). The Morgan fingerprint density at radius 3 is 2.70 bits per heavy atom. The zero-order chi connectivity index (χ0) is 15.0. The van der Waals surface area contributed by atoms with Crippen molar-refractivity contribution in [3.63, 3.8) is 0 Å². The zero-order valence-corrected chi connectivity index (χ0v) is 10.7. The summed E-state index contributed by atoms with van der Waals surface area (Å²) in [4.78, 5) is 37.0. The van der Waals surface area contributed by atoms with Gasteiger partial charge in [0.1, 0.15) is 6.04 Å². The third-order valence-corrected chi connectivity index (χ3v) is 2.46. The van der Waals surface area contributed by atoms with Crippen LogP contribution in [0, 0.1) is 0 Å². The Bertz CT molecular complexity index is 478. The van der Waals surface area contributed by atoms with Crippen molar-refractivity contribution in [3.8, 4) is 0 Å². The van der Waals surface area contributed by atoms with Crippen molar-refractivity contribution in [1.82, 2.24) is 15.6 Å². The number of amides is 3. The molecule has 0 fully saturated rings. The van der Waals surface area contributed by atoms with Crippen LogP contribution in [0.15, 0.2) is 24.5 Å². The fourth-order valence-corrected chi connectivity index (χ4v) is 1.44. The molecule has 0 aromatic carbocycles. The lowest BCUT2D eigenvalue weighted by atomic mass is 10.1. The van der Waals surface area contributed by atoms with Crippen molar-refractivity contribution in [1.29, 1.82) is 0 Å². The molecule has 1 heterocycles. The van der Waals surface area contributed by atoms with Crippen LogP contribution in [0.4, 0.5) is 4.79 Å². The average Bonchev–Trinajstić information content (AvgIpc) is 2.41. The lowest BCUT2D eigenvalue weighted by molar-refractivity contribution is -0.139. The van der Waals surface area contributed by atoms with Crippen LogP contribution in [-0.4, -0.2) is 34.0 Å². The normalized spacial score (nSPS) is 11.4. The lowest BCUT2D eigenvalue weighted by Crippen LogP contribution is -2.46. The second-order valence-corrected chi connectivity index (χ2v) is 4.08. The van der Waals surface area contributed by atoms with E-state index in [0.717, 1.165) is 5.56 Å². The molecular weight excluding hydrogens is 264 g/mol. The summed E-state index contributed by atoms with van der Waals surface area (Å²) < 4.78 is 0. The summed E-state index contributed by atoms with van der Waals surface area (Å²) in [5.41, 5.74) is 5.72. The smallest absolute Gasteiger partial charge is 0.326 e. The molecule has 0 bridgehead atoms. The Morgan fingerprint density at radius 1 is 1.40 bits per heavy atom. The summed E-state index contributed by atoms with van der Waals surface area (Å²) in [6, 6.07) is 1.71. The molecule has 8 nitrogen and oxygen atoms in total. The number of carbonyl (C=O) groups excluding carboxylic acids is 2. The number of carboxylic acid groups (broad SMARTS) is 1. The molecule has 0 aliphatic heterocycles. The maximum absolute atomic E-state index is 11.6. The van der Waals surface area contributed by atoms with E-state index in [0.29, 0.717) is 0 Å². The van der Waals surface area contributed by atoms with Crippen LogP contribution < -0.4 is 16.4 Å². The van der Waals surface area contributed by atoms with E-state index in [-0.39, 0.29) is 19.4 Å². The second-order valence-electron chi connectivity index (χ2n) is 4.08. The standard InChI is InChI=1S/C12H16N4O4/c13-10(17)4-3-9(11(18)19)16-12(20)15-7-8-2-1-5-14-6-8/h1-2,5-6,9H,3-4,7H2,(H2,13,17)(H,18,19)(H2,15,16,20). The quantitative estimate of drug-likeness (QED) is 0.539. The van der Waals surface area contributed by atoms with Crippen molar-refractivity contribution in [2.75, 3.05) is 0 Å². The Balaban J connectivity index is 2.41. The number of primary amides is 1. The maximum atomic E-state index is 11.6. The minimum absolute atomic E-state index is 0.0506. The SMILES string of the molecule is NC(=O)CCC(NC(=O)NCc1cccnc1)C(=O)O. The first-order chi connectivity index (χ1) is 9.49. The molecule has 1 unspecified atom stereocenters. The van der Waals surface area contributed by atoms with Gasteiger partial charge in [-0.05, 0) is 18.1 Å². The summed E-state index contributed by atoms with van der Waals surface area (Å²) in [6.45, 7) is 0.224. The topological polar surface area (TPSA) is 134 Å². The van der Waals surface area contributed by atoms with E-state index in [9.17, 15) is 14.4 Å². The van der Waals surface area contributed by atoms with E-state index in [2.05, 4.69) is 15.6 Å². The number of nitrogens with two attached hydrogens (primary N) is 1. The van der Waals surface area contributed by atoms with Crippen LogP contribution in [0.3, 0.4) is 0 Å². The van der Waals surface area contributed by atoms with Gasteiger partial charge in [-0.15, -0.1) is 0 Å². The van der Waals surface area contributed by atoms with Crippen LogP contribution in [0.1, 0.15) is 18.4 Å².